The van der Waals surface area contributed by atoms with Gasteiger partial charge in [-0.05, 0) is 24.1 Å². The zero-order valence-electron chi connectivity index (χ0n) is 14.9. The molecule has 4 rings (SSSR count). The standard InChI is InChI=1S/C23H21N3O/c27-23(17-16-18-10-4-1-5-11-18)22(24-20-14-8-3-9-15-20)25-21(26-23)19-12-6-2-7-13-19/h1-15,27H,16-17H2,(H,24,25,26). The molecule has 4 heteroatoms. The van der Waals surface area contributed by atoms with Crippen molar-refractivity contribution >= 4 is 17.4 Å². The molecule has 1 heterocycles. The number of nitrogens with one attached hydrogen (secondary N) is 1. The van der Waals surface area contributed by atoms with Crippen LogP contribution in [0.25, 0.3) is 0 Å². The topological polar surface area (TPSA) is 57.0 Å². The second kappa shape index (κ2) is 7.56. The highest BCUT2D eigenvalue weighted by Gasteiger charge is 2.38. The second-order valence-electron chi connectivity index (χ2n) is 6.56. The highest BCUT2D eigenvalue weighted by molar-refractivity contribution is 6.17. The summed E-state index contributed by atoms with van der Waals surface area (Å²) in [5, 5.41) is 14.6. The van der Waals surface area contributed by atoms with Gasteiger partial charge in [-0.15, -0.1) is 0 Å². The highest BCUT2D eigenvalue weighted by atomic mass is 16.3. The summed E-state index contributed by atoms with van der Waals surface area (Å²) in [5.74, 6) is 1.01. The molecule has 0 aromatic heterocycles. The van der Waals surface area contributed by atoms with Crippen LogP contribution in [0.15, 0.2) is 101 Å². The van der Waals surface area contributed by atoms with E-state index in [2.05, 4.69) is 27.4 Å². The van der Waals surface area contributed by atoms with Crippen LogP contribution in [0.2, 0.25) is 0 Å². The number of para-hydroxylation sites is 1. The predicted molar refractivity (Wildman–Crippen MR) is 110 cm³/mol. The van der Waals surface area contributed by atoms with Crippen molar-refractivity contribution in [2.45, 2.75) is 18.6 Å². The van der Waals surface area contributed by atoms with E-state index in [1.807, 2.05) is 78.9 Å². The minimum atomic E-state index is -1.38. The zero-order valence-corrected chi connectivity index (χ0v) is 14.9. The van der Waals surface area contributed by atoms with E-state index in [1.54, 1.807) is 0 Å². The summed E-state index contributed by atoms with van der Waals surface area (Å²) in [4.78, 5) is 9.21. The number of nitrogens with zero attached hydrogens (tertiary/aromatic N) is 2. The van der Waals surface area contributed by atoms with Crippen molar-refractivity contribution in [1.82, 2.24) is 0 Å². The molecule has 0 bridgehead atoms. The van der Waals surface area contributed by atoms with Gasteiger partial charge in [0, 0.05) is 17.7 Å². The second-order valence-corrected chi connectivity index (χ2v) is 6.56. The summed E-state index contributed by atoms with van der Waals surface area (Å²) in [5.41, 5.74) is 1.55. The third-order valence-corrected chi connectivity index (χ3v) is 4.56. The van der Waals surface area contributed by atoms with Gasteiger partial charge in [-0.25, -0.2) is 9.98 Å². The van der Waals surface area contributed by atoms with Crippen LogP contribution in [-0.2, 0) is 6.42 Å². The molecule has 1 unspecified atom stereocenters. The van der Waals surface area contributed by atoms with E-state index < -0.39 is 5.72 Å². The van der Waals surface area contributed by atoms with E-state index >= 15 is 0 Å². The van der Waals surface area contributed by atoms with Crippen molar-refractivity contribution < 1.29 is 5.11 Å². The van der Waals surface area contributed by atoms with Gasteiger partial charge >= 0.3 is 0 Å². The Morgan fingerprint density at radius 3 is 2.04 bits per heavy atom. The maximum absolute atomic E-state index is 11.3. The number of aliphatic imine (C=N–C) groups is 2. The van der Waals surface area contributed by atoms with Gasteiger partial charge in [-0.2, -0.15) is 0 Å². The first-order valence-electron chi connectivity index (χ1n) is 9.06. The zero-order chi connectivity index (χ0) is 18.5. The Hall–Kier alpha value is -3.24. The first-order valence-corrected chi connectivity index (χ1v) is 9.06. The third-order valence-electron chi connectivity index (χ3n) is 4.56. The van der Waals surface area contributed by atoms with Crippen molar-refractivity contribution in [2.24, 2.45) is 9.98 Å². The van der Waals surface area contributed by atoms with Gasteiger partial charge in [0.1, 0.15) is 0 Å². The molecule has 0 radical (unpaired) electrons. The molecular formula is C23H21N3O. The van der Waals surface area contributed by atoms with E-state index in [4.69, 9.17) is 0 Å². The molecule has 0 spiro atoms. The largest absolute Gasteiger partial charge is 0.363 e. The molecule has 3 aromatic rings. The van der Waals surface area contributed by atoms with Gasteiger partial charge in [0.15, 0.2) is 11.7 Å². The van der Waals surface area contributed by atoms with Crippen molar-refractivity contribution in [3.63, 3.8) is 0 Å². The van der Waals surface area contributed by atoms with E-state index in [1.165, 1.54) is 0 Å². The number of aliphatic hydroxyl groups is 1. The SMILES string of the molecule is OC1(CCc2ccccc2)N=C(c2ccccc2)N=C1Nc1ccccc1. The first kappa shape index (κ1) is 17.2. The Labute approximate surface area is 158 Å². The van der Waals surface area contributed by atoms with Crippen molar-refractivity contribution in [2.75, 3.05) is 5.32 Å². The van der Waals surface area contributed by atoms with Crippen molar-refractivity contribution in [1.29, 1.82) is 0 Å². The van der Waals surface area contributed by atoms with Crippen LogP contribution >= 0.6 is 0 Å². The lowest BCUT2D eigenvalue weighted by Crippen LogP contribution is -2.39. The van der Waals surface area contributed by atoms with E-state index in [0.717, 1.165) is 16.8 Å². The molecule has 1 aliphatic heterocycles. The smallest absolute Gasteiger partial charge is 0.217 e. The summed E-state index contributed by atoms with van der Waals surface area (Å²) in [6.07, 6.45) is 1.16. The molecule has 134 valence electrons. The summed E-state index contributed by atoms with van der Waals surface area (Å²) in [7, 11) is 0. The van der Waals surface area contributed by atoms with Crippen LogP contribution in [0.1, 0.15) is 17.5 Å². The molecule has 2 N–H and O–H groups in total. The monoisotopic (exact) mass is 355 g/mol. The Morgan fingerprint density at radius 2 is 1.37 bits per heavy atom. The molecule has 0 saturated carbocycles. The fourth-order valence-electron chi connectivity index (χ4n) is 3.09. The number of hydrogen-bond donors (Lipinski definition) is 2. The quantitative estimate of drug-likeness (QED) is 0.718. The van der Waals surface area contributed by atoms with Crippen LogP contribution in [0.4, 0.5) is 5.69 Å². The normalized spacial score (nSPS) is 18.7. The lowest BCUT2D eigenvalue weighted by atomic mass is 10.0. The fraction of sp³-hybridized carbons (Fsp3) is 0.130. The number of hydrogen-bond acceptors (Lipinski definition) is 4. The highest BCUT2D eigenvalue weighted by Crippen LogP contribution is 2.26. The summed E-state index contributed by atoms with van der Waals surface area (Å²) >= 11 is 0. The van der Waals surface area contributed by atoms with E-state index in [9.17, 15) is 5.11 Å². The molecule has 0 saturated heterocycles. The number of benzene rings is 3. The Bertz CT molecular complexity index is 953. The maximum Gasteiger partial charge on any atom is 0.217 e. The van der Waals surface area contributed by atoms with Gasteiger partial charge in [0.05, 0.1) is 0 Å². The number of amidine groups is 2. The fourth-order valence-corrected chi connectivity index (χ4v) is 3.09. The molecule has 0 aliphatic carbocycles. The maximum atomic E-state index is 11.3. The van der Waals surface area contributed by atoms with E-state index in [0.29, 0.717) is 24.5 Å². The minimum absolute atomic E-state index is 0.450. The minimum Gasteiger partial charge on any atom is -0.363 e. The van der Waals surface area contributed by atoms with Crippen molar-refractivity contribution in [3.8, 4) is 0 Å². The lowest BCUT2D eigenvalue weighted by Gasteiger charge is -2.22. The van der Waals surface area contributed by atoms with Crippen LogP contribution < -0.4 is 5.32 Å². The Morgan fingerprint density at radius 1 is 0.778 bits per heavy atom. The van der Waals surface area contributed by atoms with Crippen LogP contribution in [-0.4, -0.2) is 22.5 Å². The van der Waals surface area contributed by atoms with Gasteiger partial charge in [-0.1, -0.05) is 78.9 Å². The van der Waals surface area contributed by atoms with E-state index in [-0.39, 0.29) is 0 Å². The Kier molecular flexibility index (Phi) is 4.81. The molecule has 0 fully saturated rings. The van der Waals surface area contributed by atoms with Gasteiger partial charge in [-0.3, -0.25) is 0 Å². The van der Waals surface area contributed by atoms with Gasteiger partial charge < -0.3 is 10.4 Å². The summed E-state index contributed by atoms with van der Waals surface area (Å²) < 4.78 is 0. The average Bonchev–Trinajstić information content (AvgIpc) is 3.05. The number of rotatable bonds is 5. The molecule has 0 amide bonds. The molecular weight excluding hydrogens is 334 g/mol. The summed E-state index contributed by atoms with van der Waals surface area (Å²) in [6, 6.07) is 29.6. The number of anilines is 1. The van der Waals surface area contributed by atoms with Crippen LogP contribution in [0.5, 0.6) is 0 Å². The van der Waals surface area contributed by atoms with Crippen molar-refractivity contribution in [3.05, 3.63) is 102 Å². The first-order chi connectivity index (χ1) is 13.2. The molecule has 1 atom stereocenters. The third kappa shape index (κ3) is 3.96. The lowest BCUT2D eigenvalue weighted by molar-refractivity contribution is 0.116. The average molecular weight is 355 g/mol. The Balaban J connectivity index is 1.63. The molecule has 4 nitrogen and oxygen atoms in total. The van der Waals surface area contributed by atoms with Crippen LogP contribution in [0, 0.1) is 0 Å². The van der Waals surface area contributed by atoms with Crippen LogP contribution in [0.3, 0.4) is 0 Å². The van der Waals surface area contributed by atoms with Gasteiger partial charge in [0.2, 0.25) is 5.72 Å². The summed E-state index contributed by atoms with van der Waals surface area (Å²) in [6.45, 7) is 0. The predicted octanol–water partition coefficient (Wildman–Crippen LogP) is 4.28. The molecule has 1 aliphatic rings. The molecule has 27 heavy (non-hydrogen) atoms. The number of aryl methyl sites for hydroxylation is 1. The van der Waals surface area contributed by atoms with Gasteiger partial charge in [0.25, 0.3) is 0 Å². The molecule has 3 aromatic carbocycles.